The van der Waals surface area contributed by atoms with Gasteiger partial charge in [0.15, 0.2) is 12.6 Å². The Balaban J connectivity index is 1.51. The van der Waals surface area contributed by atoms with Gasteiger partial charge in [-0.1, -0.05) is 52.0 Å². The van der Waals surface area contributed by atoms with Crippen LogP contribution in [0.4, 0.5) is 0 Å². The van der Waals surface area contributed by atoms with Crippen molar-refractivity contribution >= 4 is 0 Å². The Morgan fingerprint density at radius 3 is 1.24 bits per heavy atom. The highest BCUT2D eigenvalue weighted by Crippen LogP contribution is 2.33. The van der Waals surface area contributed by atoms with Crippen LogP contribution in [-0.2, 0) is 51.1 Å². The van der Waals surface area contributed by atoms with Crippen LogP contribution in [0.1, 0.15) is 74.9 Å². The van der Waals surface area contributed by atoms with Crippen LogP contribution in [0.15, 0.2) is 24.3 Å². The van der Waals surface area contributed by atoms with Crippen molar-refractivity contribution in [1.82, 2.24) is 0 Å². The maximum atomic E-state index is 6.29. The summed E-state index contributed by atoms with van der Waals surface area (Å²) in [4.78, 5) is 0. The van der Waals surface area contributed by atoms with E-state index in [4.69, 9.17) is 28.4 Å². The summed E-state index contributed by atoms with van der Waals surface area (Å²) in [7, 11) is 0. The topological polar surface area (TPSA) is 62.0 Å². The van der Waals surface area contributed by atoms with E-state index in [0.717, 1.165) is 56.8 Å². The minimum atomic E-state index is -0.305. The van der Waals surface area contributed by atoms with Gasteiger partial charge in [-0.15, -0.1) is 0 Å². The first-order valence-electron chi connectivity index (χ1n) is 14.0. The van der Waals surface area contributed by atoms with E-state index in [0.29, 0.717) is 13.2 Å². The Morgan fingerprint density at radius 2 is 0.973 bits per heavy atom. The molecule has 0 saturated carbocycles. The van der Waals surface area contributed by atoms with E-state index in [-0.39, 0.29) is 24.8 Å². The van der Waals surface area contributed by atoms with Crippen LogP contribution in [0.5, 0.6) is 11.5 Å². The summed E-state index contributed by atoms with van der Waals surface area (Å²) in [5.74, 6) is 1.94. The molecule has 2 heterocycles. The molecule has 6 nitrogen and oxygen atoms in total. The lowest BCUT2D eigenvalue weighted by atomic mass is 9.93. The highest BCUT2D eigenvalue weighted by Gasteiger charge is 2.25. The number of hydrogen-bond acceptors (Lipinski definition) is 6. The molecule has 4 unspecified atom stereocenters. The second-order valence-electron chi connectivity index (χ2n) is 10.0. The van der Waals surface area contributed by atoms with Gasteiger partial charge in [0, 0.05) is 0 Å². The fourth-order valence-electron chi connectivity index (χ4n) is 4.66. The zero-order chi connectivity index (χ0) is 26.4. The lowest BCUT2D eigenvalue weighted by Gasteiger charge is -2.22. The van der Waals surface area contributed by atoms with Gasteiger partial charge in [-0.2, -0.15) is 0 Å². The highest BCUT2D eigenvalue weighted by atomic mass is 16.7. The number of ether oxygens (including phenoxy) is 6. The molecule has 4 rings (SSSR count). The van der Waals surface area contributed by atoms with E-state index in [2.05, 4.69) is 52.0 Å². The van der Waals surface area contributed by atoms with Crippen LogP contribution in [-0.4, -0.2) is 51.2 Å². The predicted octanol–water partition coefficient (Wildman–Crippen LogP) is 5.81. The Hall–Kier alpha value is -2.12. The molecule has 2 aliphatic rings. The number of hydrogen-bond donors (Lipinski definition) is 0. The Morgan fingerprint density at radius 1 is 0.649 bits per heavy atom. The normalized spacial score (nSPS) is 19.9. The van der Waals surface area contributed by atoms with Crippen molar-refractivity contribution in [2.45, 2.75) is 98.4 Å². The lowest BCUT2D eigenvalue weighted by Crippen LogP contribution is -2.20. The van der Waals surface area contributed by atoms with Gasteiger partial charge in [0.2, 0.25) is 0 Å². The van der Waals surface area contributed by atoms with E-state index >= 15 is 0 Å². The minimum Gasteiger partial charge on any atom is -0.465 e. The van der Waals surface area contributed by atoms with Crippen molar-refractivity contribution in [3.8, 4) is 11.5 Å². The van der Waals surface area contributed by atoms with Gasteiger partial charge in [-0.3, -0.25) is 0 Å². The van der Waals surface area contributed by atoms with Crippen LogP contribution in [0.3, 0.4) is 0 Å². The van der Waals surface area contributed by atoms with Crippen molar-refractivity contribution in [1.29, 1.82) is 0 Å². The number of benzene rings is 2. The fourth-order valence-corrected chi connectivity index (χ4v) is 4.66. The molecule has 37 heavy (non-hydrogen) atoms. The number of aryl methyl sites for hydroxylation is 4. The molecule has 0 aliphatic carbocycles. The Bertz CT molecular complexity index is 895. The molecule has 2 saturated heterocycles. The van der Waals surface area contributed by atoms with Crippen LogP contribution in [0.25, 0.3) is 0 Å². The molecule has 2 aromatic carbocycles. The van der Waals surface area contributed by atoms with Gasteiger partial charge in [0.05, 0.1) is 26.4 Å². The van der Waals surface area contributed by atoms with Crippen molar-refractivity contribution < 1.29 is 28.4 Å². The first-order valence-corrected chi connectivity index (χ1v) is 14.0. The molecule has 0 N–H and O–H groups in total. The quantitative estimate of drug-likeness (QED) is 0.209. The first kappa shape index (κ1) is 27.9. The second-order valence-corrected chi connectivity index (χ2v) is 10.0. The van der Waals surface area contributed by atoms with Crippen molar-refractivity contribution in [2.75, 3.05) is 26.4 Å². The largest absolute Gasteiger partial charge is 0.465 e. The Labute approximate surface area is 222 Å². The molecule has 0 spiro atoms. The van der Waals surface area contributed by atoms with Gasteiger partial charge in [-0.05, 0) is 79.3 Å². The predicted molar refractivity (Wildman–Crippen MR) is 145 cm³/mol. The third-order valence-corrected chi connectivity index (χ3v) is 6.94. The maximum Gasteiger partial charge on any atom is 0.197 e. The van der Waals surface area contributed by atoms with Crippen molar-refractivity contribution in [3.05, 3.63) is 57.6 Å². The molecule has 2 fully saturated rings. The van der Waals surface area contributed by atoms with Gasteiger partial charge >= 0.3 is 0 Å². The molecule has 204 valence electrons. The highest BCUT2D eigenvalue weighted by molar-refractivity contribution is 5.49. The van der Waals surface area contributed by atoms with Crippen molar-refractivity contribution in [2.24, 2.45) is 0 Å². The molecule has 0 radical (unpaired) electrons. The van der Waals surface area contributed by atoms with Gasteiger partial charge < -0.3 is 28.4 Å². The first-order chi connectivity index (χ1) is 17.9. The maximum absolute atomic E-state index is 6.29. The molecule has 0 bridgehead atoms. The van der Waals surface area contributed by atoms with Crippen LogP contribution >= 0.6 is 0 Å². The number of epoxide rings is 2. The van der Waals surface area contributed by atoms with Crippen LogP contribution < -0.4 is 9.47 Å². The zero-order valence-corrected chi connectivity index (χ0v) is 23.4. The van der Waals surface area contributed by atoms with E-state index in [1.54, 1.807) is 0 Å². The minimum absolute atomic E-state index is 0.232. The van der Waals surface area contributed by atoms with E-state index in [1.165, 1.54) is 33.4 Å². The molecule has 6 heteroatoms. The SMILES string of the molecule is CCc1cc(Cc2cc(CC)c(OC(C)OCC3CO3)c(CC)c2)cc(CC)c1OC(C)OCC1CO1. The smallest absolute Gasteiger partial charge is 0.197 e. The zero-order valence-electron chi connectivity index (χ0n) is 23.4. The molecular weight excluding hydrogens is 468 g/mol. The van der Waals surface area contributed by atoms with Gasteiger partial charge in [-0.25, -0.2) is 0 Å². The van der Waals surface area contributed by atoms with Gasteiger partial charge in [0.1, 0.15) is 23.7 Å². The molecule has 0 amide bonds. The summed E-state index contributed by atoms with van der Waals surface area (Å²) in [5.41, 5.74) is 7.52. The molecule has 4 atom stereocenters. The average molecular weight is 513 g/mol. The average Bonchev–Trinajstić information content (AvgIpc) is 3.82. The van der Waals surface area contributed by atoms with Crippen molar-refractivity contribution in [3.63, 3.8) is 0 Å². The van der Waals surface area contributed by atoms with Crippen LogP contribution in [0, 0.1) is 0 Å². The van der Waals surface area contributed by atoms with E-state index in [9.17, 15) is 0 Å². The molecule has 0 aromatic heterocycles. The standard InChI is InChI=1S/C31H44O6/c1-7-24-12-22(13-25(8-2)30(24)36-20(5)32-16-28-18-34-28)11-23-14-26(9-3)31(27(10-4)15-23)37-21(6)33-17-29-19-35-29/h12-15,20-21,28-29H,7-11,16-19H2,1-6H3. The van der Waals surface area contributed by atoms with Gasteiger partial charge in [0.25, 0.3) is 0 Å². The summed E-state index contributed by atoms with van der Waals surface area (Å²) < 4.78 is 34.8. The summed E-state index contributed by atoms with van der Waals surface area (Å²) >= 11 is 0. The van der Waals surface area contributed by atoms with E-state index < -0.39 is 0 Å². The third kappa shape index (κ3) is 7.93. The number of rotatable bonds is 16. The monoisotopic (exact) mass is 512 g/mol. The van der Waals surface area contributed by atoms with Crippen LogP contribution in [0.2, 0.25) is 0 Å². The molecule has 2 aliphatic heterocycles. The summed E-state index contributed by atoms with van der Waals surface area (Å²) in [6.07, 6.45) is 4.36. The Kier molecular flexibility index (Phi) is 9.88. The second kappa shape index (κ2) is 13.1. The summed E-state index contributed by atoms with van der Waals surface area (Å²) in [6, 6.07) is 9.18. The fraction of sp³-hybridized carbons (Fsp3) is 0.613. The summed E-state index contributed by atoms with van der Waals surface area (Å²) in [6.45, 7) is 15.4. The lowest BCUT2D eigenvalue weighted by molar-refractivity contribution is -0.0719. The molecule has 2 aromatic rings. The third-order valence-electron chi connectivity index (χ3n) is 6.94. The molecular formula is C31H44O6. The van der Waals surface area contributed by atoms with E-state index in [1.807, 2.05) is 13.8 Å². The summed E-state index contributed by atoms with van der Waals surface area (Å²) in [5, 5.41) is 0.